The number of benzene rings is 2. The summed E-state index contributed by atoms with van der Waals surface area (Å²) >= 11 is 3.48. The lowest BCUT2D eigenvalue weighted by molar-refractivity contribution is -0.119. The minimum absolute atomic E-state index is 0.0641. The van der Waals surface area contributed by atoms with Gasteiger partial charge in [-0.1, -0.05) is 36.4 Å². The van der Waals surface area contributed by atoms with Crippen LogP contribution in [0.4, 0.5) is 0 Å². The van der Waals surface area contributed by atoms with Crippen molar-refractivity contribution in [1.82, 2.24) is 5.32 Å². The van der Waals surface area contributed by atoms with Gasteiger partial charge in [0.2, 0.25) is 5.91 Å². The number of halogens is 1. The van der Waals surface area contributed by atoms with Gasteiger partial charge in [-0.3, -0.25) is 4.79 Å². The molecule has 0 fully saturated rings. The molecule has 0 bridgehead atoms. The summed E-state index contributed by atoms with van der Waals surface area (Å²) < 4.78 is 6.10. The van der Waals surface area contributed by atoms with Crippen molar-refractivity contribution in [2.45, 2.75) is 13.0 Å². The molecule has 3 nitrogen and oxygen atoms in total. The molecular weight excluding hydrogens is 318 g/mol. The van der Waals surface area contributed by atoms with Crippen molar-refractivity contribution in [3.8, 4) is 5.75 Å². The summed E-state index contributed by atoms with van der Waals surface area (Å²) in [7, 11) is 1.63. The predicted molar refractivity (Wildman–Crippen MR) is 82.8 cm³/mol. The van der Waals surface area contributed by atoms with Crippen LogP contribution < -0.4 is 10.1 Å². The van der Waals surface area contributed by atoms with Crippen molar-refractivity contribution in [3.05, 3.63) is 64.1 Å². The highest BCUT2D eigenvalue weighted by Crippen LogP contribution is 2.30. The van der Waals surface area contributed by atoms with Crippen molar-refractivity contribution in [2.75, 3.05) is 7.11 Å². The SMILES string of the molecule is COc1ccc([C@H](NC(C)=O)c2ccccc2)cc1Br. The van der Waals surface area contributed by atoms with Crippen LogP contribution in [0.1, 0.15) is 24.1 Å². The summed E-state index contributed by atoms with van der Waals surface area (Å²) in [6.07, 6.45) is 0. The average Bonchev–Trinajstić information content (AvgIpc) is 2.45. The summed E-state index contributed by atoms with van der Waals surface area (Å²) in [5.74, 6) is 0.703. The van der Waals surface area contributed by atoms with Crippen molar-refractivity contribution in [3.63, 3.8) is 0 Å². The van der Waals surface area contributed by atoms with Crippen LogP contribution >= 0.6 is 15.9 Å². The summed E-state index contributed by atoms with van der Waals surface area (Å²) in [5, 5.41) is 2.98. The molecule has 1 N–H and O–H groups in total. The Kier molecular flexibility index (Phi) is 4.79. The summed E-state index contributed by atoms with van der Waals surface area (Å²) in [6, 6.07) is 15.5. The molecule has 0 spiro atoms. The van der Waals surface area contributed by atoms with Crippen LogP contribution in [0.15, 0.2) is 53.0 Å². The highest BCUT2D eigenvalue weighted by atomic mass is 79.9. The zero-order valence-corrected chi connectivity index (χ0v) is 13.0. The lowest BCUT2D eigenvalue weighted by atomic mass is 9.98. The number of methoxy groups -OCH3 is 1. The molecule has 0 aromatic heterocycles. The van der Waals surface area contributed by atoms with Gasteiger partial charge in [0, 0.05) is 6.92 Å². The first-order chi connectivity index (χ1) is 9.61. The number of carbonyl (C=O) groups excluding carboxylic acids is 1. The Bertz CT molecular complexity index is 599. The first-order valence-corrected chi connectivity index (χ1v) is 7.06. The Morgan fingerprint density at radius 2 is 1.85 bits per heavy atom. The molecule has 1 amide bonds. The molecular formula is C16H16BrNO2. The standard InChI is InChI=1S/C16H16BrNO2/c1-11(19)18-16(12-6-4-3-5-7-12)13-8-9-15(20-2)14(17)10-13/h3-10,16H,1-2H3,(H,18,19)/t16-/m1/s1. The van der Waals surface area contributed by atoms with E-state index in [1.54, 1.807) is 7.11 Å². The summed E-state index contributed by atoms with van der Waals surface area (Å²) in [5.41, 5.74) is 2.04. The molecule has 2 rings (SSSR count). The van der Waals surface area contributed by atoms with Gasteiger partial charge in [0.1, 0.15) is 5.75 Å². The molecule has 0 heterocycles. The number of hydrogen-bond donors (Lipinski definition) is 1. The van der Waals surface area contributed by atoms with E-state index in [1.807, 2.05) is 48.5 Å². The Morgan fingerprint density at radius 3 is 2.40 bits per heavy atom. The molecule has 0 saturated heterocycles. The molecule has 2 aromatic carbocycles. The Morgan fingerprint density at radius 1 is 1.15 bits per heavy atom. The second kappa shape index (κ2) is 6.57. The third-order valence-corrected chi connectivity index (χ3v) is 3.61. The van der Waals surface area contributed by atoms with Crippen LogP contribution in [-0.4, -0.2) is 13.0 Å². The number of amides is 1. The fourth-order valence-corrected chi connectivity index (χ4v) is 2.63. The molecule has 20 heavy (non-hydrogen) atoms. The lowest BCUT2D eigenvalue weighted by Gasteiger charge is -2.19. The Labute approximate surface area is 127 Å². The van der Waals surface area contributed by atoms with E-state index >= 15 is 0 Å². The Balaban J connectivity index is 2.41. The number of ether oxygens (including phenoxy) is 1. The molecule has 0 unspecified atom stereocenters. The van der Waals surface area contributed by atoms with Crippen molar-refractivity contribution in [2.24, 2.45) is 0 Å². The molecule has 4 heteroatoms. The van der Waals surface area contributed by atoms with E-state index in [4.69, 9.17) is 4.74 Å². The maximum Gasteiger partial charge on any atom is 0.217 e. The smallest absolute Gasteiger partial charge is 0.217 e. The topological polar surface area (TPSA) is 38.3 Å². The second-order valence-electron chi connectivity index (χ2n) is 4.44. The normalized spacial score (nSPS) is 11.8. The molecule has 0 aliphatic carbocycles. The first-order valence-electron chi connectivity index (χ1n) is 6.27. The van der Waals surface area contributed by atoms with Gasteiger partial charge < -0.3 is 10.1 Å². The maximum atomic E-state index is 11.5. The highest BCUT2D eigenvalue weighted by molar-refractivity contribution is 9.10. The van der Waals surface area contributed by atoms with Crippen molar-refractivity contribution in [1.29, 1.82) is 0 Å². The number of nitrogens with one attached hydrogen (secondary N) is 1. The quantitative estimate of drug-likeness (QED) is 0.926. The maximum absolute atomic E-state index is 11.5. The fraction of sp³-hybridized carbons (Fsp3) is 0.188. The zero-order valence-electron chi connectivity index (χ0n) is 11.4. The highest BCUT2D eigenvalue weighted by Gasteiger charge is 2.16. The minimum atomic E-state index is -0.170. The van der Waals surface area contributed by atoms with E-state index in [2.05, 4.69) is 21.2 Å². The Hall–Kier alpha value is -1.81. The minimum Gasteiger partial charge on any atom is -0.496 e. The molecule has 0 saturated carbocycles. The van der Waals surface area contributed by atoms with E-state index in [-0.39, 0.29) is 11.9 Å². The van der Waals surface area contributed by atoms with Crippen LogP contribution in [0.25, 0.3) is 0 Å². The number of hydrogen-bond acceptors (Lipinski definition) is 2. The first kappa shape index (κ1) is 14.6. The largest absolute Gasteiger partial charge is 0.496 e. The van der Waals surface area contributed by atoms with Gasteiger partial charge in [-0.2, -0.15) is 0 Å². The molecule has 0 radical (unpaired) electrons. The summed E-state index contributed by atoms with van der Waals surface area (Å²) in [4.78, 5) is 11.5. The van der Waals surface area contributed by atoms with E-state index in [1.165, 1.54) is 6.92 Å². The van der Waals surface area contributed by atoms with E-state index < -0.39 is 0 Å². The molecule has 0 aliphatic rings. The van der Waals surface area contributed by atoms with Crippen LogP contribution in [0.2, 0.25) is 0 Å². The predicted octanol–water partition coefficient (Wildman–Crippen LogP) is 3.68. The van der Waals surface area contributed by atoms with Crippen LogP contribution in [0.5, 0.6) is 5.75 Å². The van der Waals surface area contributed by atoms with Gasteiger partial charge in [0.25, 0.3) is 0 Å². The number of rotatable bonds is 4. The summed E-state index contributed by atoms with van der Waals surface area (Å²) in [6.45, 7) is 1.52. The molecule has 104 valence electrons. The average molecular weight is 334 g/mol. The van der Waals surface area contributed by atoms with Crippen LogP contribution in [0, 0.1) is 0 Å². The third kappa shape index (κ3) is 3.39. The van der Waals surface area contributed by atoms with E-state index in [9.17, 15) is 4.79 Å². The van der Waals surface area contributed by atoms with Crippen LogP contribution in [0.3, 0.4) is 0 Å². The fourth-order valence-electron chi connectivity index (χ4n) is 2.07. The van der Waals surface area contributed by atoms with Gasteiger partial charge in [0.05, 0.1) is 17.6 Å². The monoisotopic (exact) mass is 333 g/mol. The lowest BCUT2D eigenvalue weighted by Crippen LogP contribution is -2.26. The van der Waals surface area contributed by atoms with Crippen molar-refractivity contribution >= 4 is 21.8 Å². The van der Waals surface area contributed by atoms with Crippen LogP contribution in [-0.2, 0) is 4.79 Å². The van der Waals surface area contributed by atoms with Gasteiger partial charge in [-0.05, 0) is 39.2 Å². The number of carbonyl (C=O) groups is 1. The molecule has 0 aliphatic heterocycles. The van der Waals surface area contributed by atoms with Gasteiger partial charge in [-0.15, -0.1) is 0 Å². The van der Waals surface area contributed by atoms with Gasteiger partial charge in [-0.25, -0.2) is 0 Å². The molecule has 2 aromatic rings. The third-order valence-electron chi connectivity index (χ3n) is 2.99. The molecule has 1 atom stereocenters. The zero-order chi connectivity index (χ0) is 14.5. The van der Waals surface area contributed by atoms with E-state index in [0.29, 0.717) is 0 Å². The van der Waals surface area contributed by atoms with Crippen molar-refractivity contribution < 1.29 is 9.53 Å². The van der Waals surface area contributed by atoms with E-state index in [0.717, 1.165) is 21.3 Å². The van der Waals surface area contributed by atoms with Gasteiger partial charge >= 0.3 is 0 Å². The second-order valence-corrected chi connectivity index (χ2v) is 5.29. The van der Waals surface area contributed by atoms with Gasteiger partial charge in [0.15, 0.2) is 0 Å².